The smallest absolute Gasteiger partial charge is 0.254 e. The van der Waals surface area contributed by atoms with E-state index in [1.165, 1.54) is 0 Å². The van der Waals surface area contributed by atoms with Gasteiger partial charge in [0.15, 0.2) is 0 Å². The lowest BCUT2D eigenvalue weighted by atomic mass is 9.80. The maximum absolute atomic E-state index is 12.5. The number of rotatable bonds is 7. The predicted molar refractivity (Wildman–Crippen MR) is 99.5 cm³/mol. The van der Waals surface area contributed by atoms with Crippen LogP contribution in [0.15, 0.2) is 36.5 Å². The molecule has 2 aromatic rings. The maximum Gasteiger partial charge on any atom is 0.254 e. The highest BCUT2D eigenvalue weighted by Crippen LogP contribution is 2.25. The highest BCUT2D eigenvalue weighted by atomic mass is 16.3. The Hall–Kier alpha value is -2.14. The molecule has 0 fully saturated rings. The molecule has 0 aliphatic carbocycles. The lowest BCUT2D eigenvalue weighted by Gasteiger charge is -2.33. The molecule has 0 saturated carbocycles. The first-order valence-corrected chi connectivity index (χ1v) is 8.75. The highest BCUT2D eigenvalue weighted by molar-refractivity contribution is 5.95. The summed E-state index contributed by atoms with van der Waals surface area (Å²) in [6.45, 7) is 10.8. The van der Waals surface area contributed by atoms with Gasteiger partial charge in [-0.05, 0) is 18.4 Å². The van der Waals surface area contributed by atoms with Gasteiger partial charge in [0.2, 0.25) is 0 Å². The Morgan fingerprint density at radius 1 is 1.28 bits per heavy atom. The van der Waals surface area contributed by atoms with Crippen LogP contribution in [0.25, 0.3) is 0 Å². The third kappa shape index (κ3) is 4.69. The third-order valence-corrected chi connectivity index (χ3v) is 4.66. The zero-order chi connectivity index (χ0) is 18.6. The van der Waals surface area contributed by atoms with Crippen LogP contribution in [-0.2, 0) is 6.54 Å². The largest absolute Gasteiger partial charge is 0.392 e. The second-order valence-corrected chi connectivity index (χ2v) is 7.65. The van der Waals surface area contributed by atoms with Crippen molar-refractivity contribution in [3.05, 3.63) is 53.3 Å². The molecule has 0 bridgehead atoms. The van der Waals surface area contributed by atoms with E-state index in [4.69, 9.17) is 0 Å². The molecule has 0 aliphatic heterocycles. The molecule has 1 aromatic carbocycles. The molecule has 5 heteroatoms. The molecular weight excluding hydrogens is 314 g/mol. The van der Waals surface area contributed by atoms with Gasteiger partial charge in [-0.15, -0.1) is 0 Å². The number of aliphatic hydroxyl groups is 1. The van der Waals surface area contributed by atoms with Crippen LogP contribution in [0, 0.1) is 18.3 Å². The molecule has 2 N–H and O–H groups in total. The van der Waals surface area contributed by atoms with Crippen molar-refractivity contribution >= 4 is 5.91 Å². The number of carbonyl (C=O) groups excluding carboxylic acids is 1. The third-order valence-electron chi connectivity index (χ3n) is 4.66. The highest BCUT2D eigenvalue weighted by Gasteiger charge is 2.31. The molecule has 0 radical (unpaired) electrons. The number of benzene rings is 1. The Bertz CT molecular complexity index is 705. The Balaban J connectivity index is 2.03. The summed E-state index contributed by atoms with van der Waals surface area (Å²) >= 11 is 0. The summed E-state index contributed by atoms with van der Waals surface area (Å²) in [7, 11) is 0. The van der Waals surface area contributed by atoms with Crippen molar-refractivity contribution in [2.45, 2.75) is 47.3 Å². The molecule has 2 rings (SSSR count). The number of hydrogen-bond donors (Lipinski definition) is 2. The SMILES string of the molecule is Cc1c(C(=O)NCC(C)(C)C(O)C(C)C)cnn1Cc1ccccc1. The molecular formula is C20H29N3O2. The van der Waals surface area contributed by atoms with Gasteiger partial charge in [0.05, 0.1) is 24.4 Å². The van der Waals surface area contributed by atoms with Crippen molar-refractivity contribution in [3.63, 3.8) is 0 Å². The summed E-state index contributed by atoms with van der Waals surface area (Å²) in [5, 5.41) is 17.6. The number of aliphatic hydroxyl groups excluding tert-OH is 1. The first-order chi connectivity index (χ1) is 11.7. The Morgan fingerprint density at radius 2 is 1.92 bits per heavy atom. The van der Waals surface area contributed by atoms with Gasteiger partial charge in [0.1, 0.15) is 0 Å². The number of carbonyl (C=O) groups is 1. The molecule has 136 valence electrons. The van der Waals surface area contributed by atoms with Gasteiger partial charge in [-0.3, -0.25) is 9.48 Å². The lowest BCUT2D eigenvalue weighted by molar-refractivity contribution is 0.0138. The summed E-state index contributed by atoms with van der Waals surface area (Å²) in [4.78, 5) is 12.5. The number of nitrogens with one attached hydrogen (secondary N) is 1. The van der Waals surface area contributed by atoms with Gasteiger partial charge in [-0.2, -0.15) is 5.10 Å². The monoisotopic (exact) mass is 343 g/mol. The second-order valence-electron chi connectivity index (χ2n) is 7.65. The minimum atomic E-state index is -0.477. The van der Waals surface area contributed by atoms with E-state index in [9.17, 15) is 9.90 Å². The number of hydrogen-bond acceptors (Lipinski definition) is 3. The minimum Gasteiger partial charge on any atom is -0.392 e. The van der Waals surface area contributed by atoms with E-state index in [1.54, 1.807) is 6.20 Å². The van der Waals surface area contributed by atoms with E-state index < -0.39 is 11.5 Å². The molecule has 25 heavy (non-hydrogen) atoms. The van der Waals surface area contributed by atoms with Gasteiger partial charge in [-0.1, -0.05) is 58.0 Å². The van der Waals surface area contributed by atoms with E-state index in [2.05, 4.69) is 10.4 Å². The topological polar surface area (TPSA) is 67.2 Å². The van der Waals surface area contributed by atoms with Crippen molar-refractivity contribution in [2.24, 2.45) is 11.3 Å². The number of aromatic nitrogens is 2. The standard InChI is InChI=1S/C20H29N3O2/c1-14(2)18(24)20(4,5)13-21-19(25)17-11-22-23(15(17)3)12-16-9-7-6-8-10-16/h6-11,14,18,24H,12-13H2,1-5H3,(H,21,25). The normalized spacial score (nSPS) is 13.1. The van der Waals surface area contributed by atoms with Crippen LogP contribution in [0.2, 0.25) is 0 Å². The molecule has 1 atom stereocenters. The number of amides is 1. The van der Waals surface area contributed by atoms with Crippen LogP contribution in [0.4, 0.5) is 0 Å². The summed E-state index contributed by atoms with van der Waals surface area (Å²) in [6, 6.07) is 10.0. The van der Waals surface area contributed by atoms with Crippen molar-refractivity contribution in [2.75, 3.05) is 6.54 Å². The molecule has 0 saturated heterocycles. The zero-order valence-corrected chi connectivity index (χ0v) is 15.8. The van der Waals surface area contributed by atoms with Crippen LogP contribution in [0.1, 0.15) is 49.3 Å². The minimum absolute atomic E-state index is 0.141. The van der Waals surface area contributed by atoms with E-state index in [-0.39, 0.29) is 11.8 Å². The summed E-state index contributed by atoms with van der Waals surface area (Å²) in [5.41, 5.74) is 2.16. The fraction of sp³-hybridized carbons (Fsp3) is 0.500. The summed E-state index contributed by atoms with van der Waals surface area (Å²) in [6.07, 6.45) is 1.13. The van der Waals surface area contributed by atoms with E-state index in [0.29, 0.717) is 18.7 Å². The average Bonchev–Trinajstić information content (AvgIpc) is 2.93. The van der Waals surface area contributed by atoms with Crippen molar-refractivity contribution in [3.8, 4) is 0 Å². The second kappa shape index (κ2) is 7.83. The number of nitrogens with zero attached hydrogens (tertiary/aromatic N) is 2. The van der Waals surface area contributed by atoms with Crippen molar-refractivity contribution in [1.29, 1.82) is 0 Å². The quantitative estimate of drug-likeness (QED) is 0.812. The van der Waals surface area contributed by atoms with Gasteiger partial charge in [0, 0.05) is 17.7 Å². The Labute approximate surface area is 150 Å². The molecule has 1 aromatic heterocycles. The summed E-state index contributed by atoms with van der Waals surface area (Å²) < 4.78 is 1.83. The van der Waals surface area contributed by atoms with Crippen LogP contribution in [-0.4, -0.2) is 33.4 Å². The lowest BCUT2D eigenvalue weighted by Crippen LogP contribution is -2.43. The maximum atomic E-state index is 12.5. The molecule has 5 nitrogen and oxygen atoms in total. The Kier molecular flexibility index (Phi) is 6.01. The van der Waals surface area contributed by atoms with Gasteiger partial charge in [0.25, 0.3) is 5.91 Å². The Morgan fingerprint density at radius 3 is 2.52 bits per heavy atom. The van der Waals surface area contributed by atoms with Crippen LogP contribution in [0.3, 0.4) is 0 Å². The molecule has 0 aliphatic rings. The van der Waals surface area contributed by atoms with E-state index in [0.717, 1.165) is 11.3 Å². The first-order valence-electron chi connectivity index (χ1n) is 8.75. The molecule has 1 heterocycles. The van der Waals surface area contributed by atoms with Crippen LogP contribution >= 0.6 is 0 Å². The summed E-state index contributed by atoms with van der Waals surface area (Å²) in [5.74, 6) is -0.0110. The average molecular weight is 343 g/mol. The van der Waals surface area contributed by atoms with Crippen LogP contribution in [0.5, 0.6) is 0 Å². The van der Waals surface area contributed by atoms with Gasteiger partial charge in [-0.25, -0.2) is 0 Å². The molecule has 1 amide bonds. The van der Waals surface area contributed by atoms with Crippen molar-refractivity contribution < 1.29 is 9.90 Å². The fourth-order valence-corrected chi connectivity index (χ4v) is 3.00. The van der Waals surface area contributed by atoms with Gasteiger partial charge < -0.3 is 10.4 Å². The van der Waals surface area contributed by atoms with Crippen LogP contribution < -0.4 is 5.32 Å². The van der Waals surface area contributed by atoms with E-state index in [1.807, 2.05) is 69.6 Å². The predicted octanol–water partition coefficient (Wildman–Crippen LogP) is 3.01. The van der Waals surface area contributed by atoms with Gasteiger partial charge >= 0.3 is 0 Å². The molecule has 0 spiro atoms. The fourth-order valence-electron chi connectivity index (χ4n) is 3.00. The molecule has 1 unspecified atom stereocenters. The zero-order valence-electron chi connectivity index (χ0n) is 15.8. The first kappa shape index (κ1) is 19.2. The van der Waals surface area contributed by atoms with Crippen molar-refractivity contribution in [1.82, 2.24) is 15.1 Å². The van der Waals surface area contributed by atoms with E-state index >= 15 is 0 Å².